The number of benzene rings is 1. The lowest BCUT2D eigenvalue weighted by atomic mass is 10.1. The van der Waals surface area contributed by atoms with Crippen molar-refractivity contribution in [2.45, 2.75) is 33.7 Å². The second-order valence-electron chi connectivity index (χ2n) is 6.94. The summed E-state index contributed by atoms with van der Waals surface area (Å²) >= 11 is 0. The van der Waals surface area contributed by atoms with Crippen molar-refractivity contribution in [2.24, 2.45) is 5.92 Å². The summed E-state index contributed by atoms with van der Waals surface area (Å²) in [5, 5.41) is 4.35. The third kappa shape index (κ3) is 4.45. The molecule has 0 fully saturated rings. The molecule has 0 unspecified atom stereocenters. The predicted molar refractivity (Wildman–Crippen MR) is 104 cm³/mol. The van der Waals surface area contributed by atoms with Crippen molar-refractivity contribution in [1.82, 2.24) is 14.3 Å². The van der Waals surface area contributed by atoms with Gasteiger partial charge in [-0.05, 0) is 36.1 Å². The van der Waals surface area contributed by atoms with E-state index in [0.29, 0.717) is 19.1 Å². The monoisotopic (exact) mass is 369 g/mol. The molecule has 0 amide bonds. The first-order valence-corrected chi connectivity index (χ1v) is 9.16. The number of aryl methyl sites for hydroxylation is 1. The van der Waals surface area contributed by atoms with Gasteiger partial charge >= 0.3 is 0 Å². The van der Waals surface area contributed by atoms with Crippen LogP contribution in [0.25, 0.3) is 16.8 Å². The van der Waals surface area contributed by atoms with E-state index in [1.165, 1.54) is 12.1 Å². The summed E-state index contributed by atoms with van der Waals surface area (Å²) in [6, 6.07) is 8.18. The van der Waals surface area contributed by atoms with Crippen LogP contribution in [0.4, 0.5) is 4.39 Å². The highest BCUT2D eigenvalue weighted by Gasteiger charge is 2.10. The summed E-state index contributed by atoms with van der Waals surface area (Å²) in [5.74, 6) is 0.196. The van der Waals surface area contributed by atoms with E-state index in [9.17, 15) is 9.18 Å². The molecular formula is C21H24FN3O2. The molecule has 2 heterocycles. The maximum Gasteiger partial charge on any atom is 0.250 e. The summed E-state index contributed by atoms with van der Waals surface area (Å²) in [6.45, 7) is 7.19. The maximum absolute atomic E-state index is 14.3. The molecule has 0 aliphatic rings. The first-order valence-electron chi connectivity index (χ1n) is 9.16. The smallest absolute Gasteiger partial charge is 0.250 e. The van der Waals surface area contributed by atoms with Crippen LogP contribution < -0.4 is 10.3 Å². The Balaban J connectivity index is 1.84. The van der Waals surface area contributed by atoms with E-state index < -0.39 is 5.82 Å². The van der Waals surface area contributed by atoms with Crippen molar-refractivity contribution in [3.8, 4) is 22.6 Å². The van der Waals surface area contributed by atoms with Crippen LogP contribution in [0.5, 0.6) is 5.75 Å². The van der Waals surface area contributed by atoms with Gasteiger partial charge in [0.25, 0.3) is 5.56 Å². The van der Waals surface area contributed by atoms with E-state index in [1.54, 1.807) is 33.8 Å². The largest absolute Gasteiger partial charge is 0.490 e. The van der Waals surface area contributed by atoms with Crippen molar-refractivity contribution in [3.05, 3.63) is 65.1 Å². The number of hydrogen-bond donors (Lipinski definition) is 0. The summed E-state index contributed by atoms with van der Waals surface area (Å²) in [4.78, 5) is 11.9. The van der Waals surface area contributed by atoms with Gasteiger partial charge in [-0.3, -0.25) is 4.79 Å². The highest BCUT2D eigenvalue weighted by molar-refractivity contribution is 5.63. The normalized spacial score (nSPS) is 11.1. The first kappa shape index (κ1) is 18.9. The molecule has 142 valence electrons. The Morgan fingerprint density at radius 3 is 2.67 bits per heavy atom. The van der Waals surface area contributed by atoms with Gasteiger partial charge in [-0.25, -0.2) is 9.07 Å². The van der Waals surface area contributed by atoms with Gasteiger partial charge in [-0.1, -0.05) is 26.8 Å². The molecule has 3 rings (SSSR count). The van der Waals surface area contributed by atoms with Crippen LogP contribution in [0, 0.1) is 11.7 Å². The number of pyridine rings is 1. The molecule has 0 saturated heterocycles. The zero-order valence-corrected chi connectivity index (χ0v) is 15.9. The predicted octanol–water partition coefficient (Wildman–Crippen LogP) is 4.28. The van der Waals surface area contributed by atoms with Crippen molar-refractivity contribution >= 4 is 0 Å². The Bertz CT molecular complexity index is 976. The van der Waals surface area contributed by atoms with Gasteiger partial charge < -0.3 is 9.30 Å². The molecule has 5 nitrogen and oxygen atoms in total. The van der Waals surface area contributed by atoms with Gasteiger partial charge in [-0.2, -0.15) is 5.10 Å². The van der Waals surface area contributed by atoms with E-state index in [-0.39, 0.29) is 11.3 Å². The van der Waals surface area contributed by atoms with E-state index in [0.717, 1.165) is 23.2 Å². The second-order valence-corrected chi connectivity index (χ2v) is 6.94. The van der Waals surface area contributed by atoms with Crippen LogP contribution in [0.3, 0.4) is 0 Å². The van der Waals surface area contributed by atoms with E-state index in [4.69, 9.17) is 4.74 Å². The second kappa shape index (κ2) is 8.20. The number of nitrogens with zero attached hydrogens (tertiary/aromatic N) is 3. The lowest BCUT2D eigenvalue weighted by molar-refractivity contribution is 0.259. The quantitative estimate of drug-likeness (QED) is 0.624. The highest BCUT2D eigenvalue weighted by atomic mass is 19.1. The van der Waals surface area contributed by atoms with Crippen LogP contribution >= 0.6 is 0 Å². The van der Waals surface area contributed by atoms with Gasteiger partial charge in [0.15, 0.2) is 11.6 Å². The molecule has 0 saturated carbocycles. The fourth-order valence-corrected chi connectivity index (χ4v) is 2.74. The number of hydrogen-bond acceptors (Lipinski definition) is 3. The Hall–Kier alpha value is -2.89. The summed E-state index contributed by atoms with van der Waals surface area (Å²) in [5.41, 5.74) is 2.26. The van der Waals surface area contributed by atoms with Gasteiger partial charge in [0.2, 0.25) is 0 Å². The molecule has 0 N–H and O–H groups in total. The first-order chi connectivity index (χ1) is 13.0. The average molecular weight is 369 g/mol. The summed E-state index contributed by atoms with van der Waals surface area (Å²) < 4.78 is 23.1. The maximum atomic E-state index is 14.3. The Morgan fingerprint density at radius 2 is 1.96 bits per heavy atom. The molecule has 6 heteroatoms. The van der Waals surface area contributed by atoms with Crippen LogP contribution in [0.1, 0.15) is 27.2 Å². The third-order valence-corrected chi connectivity index (χ3v) is 4.12. The topological polar surface area (TPSA) is 49.0 Å². The summed E-state index contributed by atoms with van der Waals surface area (Å²) in [7, 11) is 0. The lowest BCUT2D eigenvalue weighted by Gasteiger charge is -2.10. The third-order valence-electron chi connectivity index (χ3n) is 4.12. The number of halogens is 1. The van der Waals surface area contributed by atoms with E-state index in [1.807, 2.05) is 33.0 Å². The van der Waals surface area contributed by atoms with Gasteiger partial charge in [0.05, 0.1) is 18.5 Å². The molecule has 0 bridgehead atoms. The van der Waals surface area contributed by atoms with Gasteiger partial charge in [0.1, 0.15) is 0 Å². The van der Waals surface area contributed by atoms with E-state index in [2.05, 4.69) is 5.10 Å². The summed E-state index contributed by atoms with van der Waals surface area (Å²) in [6.07, 6.45) is 6.16. The SMILES string of the molecule is CCCn1cc(-n2cc(-c3ccc(OCC(C)C)c(F)c3)cn2)ccc1=O. The van der Waals surface area contributed by atoms with Crippen molar-refractivity contribution in [1.29, 1.82) is 0 Å². The zero-order valence-electron chi connectivity index (χ0n) is 15.9. The molecule has 0 atom stereocenters. The van der Waals surface area contributed by atoms with Crippen molar-refractivity contribution in [2.75, 3.05) is 6.61 Å². The molecule has 0 spiro atoms. The Labute approximate surface area is 158 Å². The zero-order chi connectivity index (χ0) is 19.4. The van der Waals surface area contributed by atoms with Gasteiger partial charge in [-0.15, -0.1) is 0 Å². The van der Waals surface area contributed by atoms with Crippen molar-refractivity contribution < 1.29 is 9.13 Å². The average Bonchev–Trinajstić information content (AvgIpc) is 3.12. The Morgan fingerprint density at radius 1 is 1.15 bits per heavy atom. The van der Waals surface area contributed by atoms with Crippen LogP contribution in [-0.2, 0) is 6.54 Å². The molecule has 0 aliphatic heterocycles. The Kier molecular flexibility index (Phi) is 5.74. The van der Waals surface area contributed by atoms with Crippen LogP contribution in [-0.4, -0.2) is 21.0 Å². The molecule has 27 heavy (non-hydrogen) atoms. The number of aromatic nitrogens is 3. The molecular weight excluding hydrogens is 345 g/mol. The molecule has 0 aliphatic carbocycles. The van der Waals surface area contributed by atoms with Gasteiger partial charge in [0, 0.05) is 30.6 Å². The van der Waals surface area contributed by atoms with Crippen LogP contribution in [0.2, 0.25) is 0 Å². The number of ether oxygens (including phenoxy) is 1. The standard InChI is InChI=1S/C21H24FN3O2/c1-4-9-24-13-18(6-8-21(24)26)25-12-17(11-23-25)16-5-7-20(19(22)10-16)27-14-15(2)3/h5-8,10-13,15H,4,9,14H2,1-3H3. The molecule has 2 aromatic heterocycles. The van der Waals surface area contributed by atoms with E-state index >= 15 is 0 Å². The fraction of sp³-hybridized carbons (Fsp3) is 0.333. The minimum Gasteiger partial charge on any atom is -0.490 e. The van der Waals surface area contributed by atoms with Crippen molar-refractivity contribution in [3.63, 3.8) is 0 Å². The minimum absolute atomic E-state index is 0.0352. The molecule has 3 aromatic rings. The van der Waals surface area contributed by atoms with Crippen LogP contribution in [0.15, 0.2) is 53.7 Å². The molecule has 0 radical (unpaired) electrons. The highest BCUT2D eigenvalue weighted by Crippen LogP contribution is 2.26. The molecule has 1 aromatic carbocycles. The minimum atomic E-state index is -0.391. The number of rotatable bonds is 7. The fourth-order valence-electron chi connectivity index (χ4n) is 2.74. The lowest BCUT2D eigenvalue weighted by Crippen LogP contribution is -2.19.